The molecule has 2 fully saturated rings. The van der Waals surface area contributed by atoms with Gasteiger partial charge in [0.25, 0.3) is 16.5 Å². The minimum absolute atomic E-state index is 0.204. The number of likely N-dealkylation sites (tertiary alicyclic amines) is 2. The molecule has 1 spiro atoms. The molecule has 1 atom stereocenters. The van der Waals surface area contributed by atoms with Crippen LogP contribution in [0.3, 0.4) is 0 Å². The zero-order chi connectivity index (χ0) is 35.7. The number of benzene rings is 3. The largest absolute Gasteiger partial charge is 0.462 e. The van der Waals surface area contributed by atoms with Crippen LogP contribution in [0.5, 0.6) is 0 Å². The van der Waals surface area contributed by atoms with Gasteiger partial charge in [-0.15, -0.1) is 0 Å². The number of ether oxygens (including phenoxy) is 1. The molecule has 3 heterocycles. The molecule has 0 radical (unpaired) electrons. The average Bonchev–Trinajstić information content (AvgIpc) is 3.71. The van der Waals surface area contributed by atoms with Gasteiger partial charge < -0.3 is 14.5 Å². The zero-order valence-electron chi connectivity index (χ0n) is 30.1. The number of aromatic nitrogens is 1. The van der Waals surface area contributed by atoms with Crippen LogP contribution in [-0.4, -0.2) is 66.9 Å². The number of fused-ring (bicyclic) bond motifs is 1. The number of rotatable bonds is 5. The first-order valence-corrected chi connectivity index (χ1v) is 18.1. The summed E-state index contributed by atoms with van der Waals surface area (Å²) in [7, 11) is -1.67. The Hall–Kier alpha value is -3.95. The van der Waals surface area contributed by atoms with Gasteiger partial charge in [-0.05, 0) is 91.7 Å². The standard InChI is InChI=1S/C24H27N3O3S.C8H10.C5H10O2.C2H6/c1-18-7-9-20(10-8-18)31(29,30)27-16-19(21-5-3-4-6-22(21)27)15-26-14-12-24(23(26)28)11-13-25(2)17-24;1-7-3-5-8(2)6-4-7;1-5(2,3)7-4-6;1-2/h3-10,16H,11-15,17H2,1-2H3;3-6H,1-2H3;4H,1-3H3;1-2H3. The molecule has 8 nitrogen and oxygen atoms in total. The SMILES string of the molecule is CC.CC(C)(C)OC=O.Cc1ccc(C)cc1.Cc1ccc(S(=O)(=O)n2cc(CN3CCC4(CCN(C)C4)C3=O)c3ccccc32)cc1. The maximum Gasteiger partial charge on any atom is 0.293 e. The predicted octanol–water partition coefficient (Wildman–Crippen LogP) is 7.53. The zero-order valence-corrected chi connectivity index (χ0v) is 30.9. The lowest BCUT2D eigenvalue weighted by atomic mass is 9.85. The normalized spacial score (nSPS) is 17.6. The summed E-state index contributed by atoms with van der Waals surface area (Å²) in [5.74, 6) is 0.204. The molecular formula is C39H53N3O5S. The second-order valence-corrected chi connectivity index (χ2v) is 15.3. The van der Waals surface area contributed by atoms with Crippen molar-refractivity contribution < 1.29 is 22.7 Å². The third kappa shape index (κ3) is 9.57. The topological polar surface area (TPSA) is 88.9 Å². The second-order valence-electron chi connectivity index (χ2n) is 13.5. The third-order valence-corrected chi connectivity index (χ3v) is 10.2. The smallest absolute Gasteiger partial charge is 0.293 e. The summed E-state index contributed by atoms with van der Waals surface area (Å²) < 4.78 is 32.7. The van der Waals surface area contributed by atoms with Gasteiger partial charge in [0.15, 0.2) is 0 Å². The fourth-order valence-corrected chi connectivity index (χ4v) is 7.25. The fourth-order valence-electron chi connectivity index (χ4n) is 5.86. The minimum Gasteiger partial charge on any atom is -0.462 e. The molecule has 1 amide bonds. The highest BCUT2D eigenvalue weighted by Gasteiger charge is 2.49. The lowest BCUT2D eigenvalue weighted by molar-refractivity contribution is -0.138. The lowest BCUT2D eigenvalue weighted by Gasteiger charge is -2.22. The number of aryl methyl sites for hydroxylation is 3. The Kier molecular flexibility index (Phi) is 13.2. The highest BCUT2D eigenvalue weighted by atomic mass is 32.2. The van der Waals surface area contributed by atoms with Crippen molar-refractivity contribution in [3.05, 3.63) is 101 Å². The van der Waals surface area contributed by atoms with Crippen molar-refractivity contribution in [3.63, 3.8) is 0 Å². The maximum absolute atomic E-state index is 13.4. The van der Waals surface area contributed by atoms with E-state index in [9.17, 15) is 18.0 Å². The Morgan fingerprint density at radius 2 is 1.35 bits per heavy atom. The summed E-state index contributed by atoms with van der Waals surface area (Å²) >= 11 is 0. The van der Waals surface area contributed by atoms with Gasteiger partial charge >= 0.3 is 0 Å². The molecule has 0 saturated carbocycles. The molecule has 3 aromatic carbocycles. The van der Waals surface area contributed by atoms with Gasteiger partial charge in [-0.2, -0.15) is 0 Å². The number of carbonyl (C=O) groups is 2. The summed E-state index contributed by atoms with van der Waals surface area (Å²) in [6.45, 7) is 19.0. The van der Waals surface area contributed by atoms with E-state index in [1.807, 2.05) is 70.7 Å². The maximum atomic E-state index is 13.4. The van der Waals surface area contributed by atoms with Crippen LogP contribution in [0.4, 0.5) is 0 Å². The van der Waals surface area contributed by atoms with E-state index in [1.165, 1.54) is 15.1 Å². The molecule has 0 aliphatic carbocycles. The van der Waals surface area contributed by atoms with E-state index in [0.29, 0.717) is 18.5 Å². The summed E-state index contributed by atoms with van der Waals surface area (Å²) in [4.78, 5) is 27.2. The molecule has 260 valence electrons. The summed E-state index contributed by atoms with van der Waals surface area (Å²) in [5.41, 5.74) is 4.59. The minimum atomic E-state index is -3.73. The lowest BCUT2D eigenvalue weighted by Crippen LogP contribution is -2.36. The molecule has 1 aromatic heterocycles. The van der Waals surface area contributed by atoms with Gasteiger partial charge in [0.2, 0.25) is 5.91 Å². The molecule has 0 N–H and O–H groups in total. The van der Waals surface area contributed by atoms with Crippen LogP contribution in [0.1, 0.15) is 69.7 Å². The highest BCUT2D eigenvalue weighted by molar-refractivity contribution is 7.90. The number of nitrogens with zero attached hydrogens (tertiary/aromatic N) is 3. The molecule has 6 rings (SSSR count). The van der Waals surface area contributed by atoms with Crippen LogP contribution in [0, 0.1) is 26.2 Å². The highest BCUT2D eigenvalue weighted by Crippen LogP contribution is 2.41. The van der Waals surface area contributed by atoms with Crippen molar-refractivity contribution in [2.75, 3.05) is 26.7 Å². The predicted molar refractivity (Wildman–Crippen MR) is 194 cm³/mol. The van der Waals surface area contributed by atoms with Crippen LogP contribution in [-0.2, 0) is 30.9 Å². The monoisotopic (exact) mass is 675 g/mol. The average molecular weight is 676 g/mol. The Bertz CT molecular complexity index is 1740. The molecule has 48 heavy (non-hydrogen) atoms. The van der Waals surface area contributed by atoms with E-state index >= 15 is 0 Å². The van der Waals surface area contributed by atoms with Crippen LogP contribution >= 0.6 is 0 Å². The van der Waals surface area contributed by atoms with Crippen LogP contribution < -0.4 is 0 Å². The van der Waals surface area contributed by atoms with Gasteiger partial charge in [0, 0.05) is 31.2 Å². The van der Waals surface area contributed by atoms with E-state index in [0.717, 1.165) is 49.0 Å². The van der Waals surface area contributed by atoms with Gasteiger partial charge in [0.1, 0.15) is 5.60 Å². The number of amides is 1. The Balaban J connectivity index is 0.000000303. The van der Waals surface area contributed by atoms with E-state index in [2.05, 4.69) is 54.8 Å². The Morgan fingerprint density at radius 3 is 1.83 bits per heavy atom. The molecule has 1 unspecified atom stereocenters. The Morgan fingerprint density at radius 1 is 0.833 bits per heavy atom. The van der Waals surface area contributed by atoms with Crippen molar-refractivity contribution in [2.45, 2.75) is 85.3 Å². The Labute approximate surface area is 287 Å². The van der Waals surface area contributed by atoms with Crippen LogP contribution in [0.15, 0.2) is 83.9 Å². The first-order valence-electron chi connectivity index (χ1n) is 16.7. The molecule has 2 aliphatic rings. The second kappa shape index (κ2) is 16.4. The van der Waals surface area contributed by atoms with E-state index in [4.69, 9.17) is 0 Å². The summed E-state index contributed by atoms with van der Waals surface area (Å²) in [6.07, 6.45) is 3.47. The van der Waals surface area contributed by atoms with Crippen LogP contribution in [0.25, 0.3) is 10.9 Å². The molecule has 9 heteroatoms. The molecule has 4 aromatic rings. The van der Waals surface area contributed by atoms with Crippen LogP contribution in [0.2, 0.25) is 0 Å². The van der Waals surface area contributed by atoms with Gasteiger partial charge in [0.05, 0.1) is 15.8 Å². The molecule has 2 saturated heterocycles. The van der Waals surface area contributed by atoms with E-state index < -0.39 is 10.0 Å². The summed E-state index contributed by atoms with van der Waals surface area (Å²) in [5, 5.41) is 0.871. The van der Waals surface area contributed by atoms with Crippen molar-refractivity contribution in [1.82, 2.24) is 13.8 Å². The molecule has 0 bridgehead atoms. The fraction of sp³-hybridized carbons (Fsp3) is 0.436. The van der Waals surface area contributed by atoms with Gasteiger partial charge in [-0.25, -0.2) is 12.4 Å². The quantitative estimate of drug-likeness (QED) is 0.203. The third-order valence-electron chi connectivity index (χ3n) is 8.47. The first-order chi connectivity index (χ1) is 22.6. The number of carbonyl (C=O) groups excluding carboxylic acids is 2. The molecular weight excluding hydrogens is 623 g/mol. The van der Waals surface area contributed by atoms with Gasteiger partial charge in [-0.1, -0.05) is 85.1 Å². The molecule has 2 aliphatic heterocycles. The van der Waals surface area contributed by atoms with E-state index in [-0.39, 0.29) is 21.8 Å². The number of hydrogen-bond acceptors (Lipinski definition) is 6. The number of hydrogen-bond donors (Lipinski definition) is 0. The van der Waals surface area contributed by atoms with E-state index in [1.54, 1.807) is 30.5 Å². The number of para-hydroxylation sites is 1. The summed E-state index contributed by atoms with van der Waals surface area (Å²) in [6, 6.07) is 22.9. The van der Waals surface area contributed by atoms with Crippen molar-refractivity contribution in [2.24, 2.45) is 5.41 Å². The first kappa shape index (κ1) is 38.5. The van der Waals surface area contributed by atoms with Gasteiger partial charge in [-0.3, -0.25) is 9.59 Å². The van der Waals surface area contributed by atoms with Crippen molar-refractivity contribution in [3.8, 4) is 0 Å². The van der Waals surface area contributed by atoms with Crippen molar-refractivity contribution in [1.29, 1.82) is 0 Å². The van der Waals surface area contributed by atoms with Crippen molar-refractivity contribution >= 4 is 33.3 Å².